The Bertz CT molecular complexity index is 1370. The lowest BCUT2D eigenvalue weighted by atomic mass is 10.0. The van der Waals surface area contributed by atoms with Crippen molar-refractivity contribution in [3.8, 4) is 0 Å². The van der Waals surface area contributed by atoms with E-state index in [9.17, 15) is 9.59 Å². The van der Waals surface area contributed by atoms with E-state index in [-0.39, 0.29) is 11.1 Å². The van der Waals surface area contributed by atoms with Crippen LogP contribution in [0.5, 0.6) is 0 Å². The number of esters is 2. The number of hydrogen-bond acceptors (Lipinski definition) is 8. The maximum absolute atomic E-state index is 11.7. The molecule has 8 heteroatoms. The molecule has 3 aromatic carbocycles. The van der Waals surface area contributed by atoms with Crippen molar-refractivity contribution >= 4 is 35.7 Å². The van der Waals surface area contributed by atoms with Crippen LogP contribution in [-0.4, -0.2) is 38.5 Å². The summed E-state index contributed by atoms with van der Waals surface area (Å²) in [4.78, 5) is 23.2. The van der Waals surface area contributed by atoms with E-state index < -0.39 is 11.9 Å². The number of anilines is 2. The van der Waals surface area contributed by atoms with E-state index >= 15 is 0 Å². The Kier molecular flexibility index (Phi) is 7.67. The lowest BCUT2D eigenvalue weighted by molar-refractivity contribution is 0.0443. The second-order valence-corrected chi connectivity index (χ2v) is 7.67. The van der Waals surface area contributed by atoms with Crippen molar-refractivity contribution in [1.29, 1.82) is 0 Å². The average Bonchev–Trinajstić information content (AvgIpc) is 3.55. The van der Waals surface area contributed by atoms with Gasteiger partial charge in [0.25, 0.3) is 0 Å². The van der Waals surface area contributed by atoms with Crippen LogP contribution in [0.4, 0.5) is 11.4 Å². The van der Waals surface area contributed by atoms with Crippen molar-refractivity contribution in [1.82, 2.24) is 0 Å². The summed E-state index contributed by atoms with van der Waals surface area (Å²) >= 11 is 0. The Balaban J connectivity index is 0.000000179. The minimum absolute atomic E-state index is 0.271. The molecule has 0 fully saturated rings. The fraction of sp³-hybridized carbons (Fsp3) is 0.0714. The molecule has 180 valence electrons. The summed E-state index contributed by atoms with van der Waals surface area (Å²) in [5, 5.41) is 12.0. The van der Waals surface area contributed by atoms with Crippen molar-refractivity contribution in [2.45, 2.75) is 0 Å². The number of cyclic esters (lactones) is 2. The molecule has 0 saturated heterocycles. The van der Waals surface area contributed by atoms with Crippen LogP contribution >= 0.6 is 0 Å². The molecule has 0 amide bonds. The molecule has 0 radical (unpaired) electrons. The van der Waals surface area contributed by atoms with Gasteiger partial charge in [0.2, 0.25) is 0 Å². The van der Waals surface area contributed by atoms with Gasteiger partial charge in [0.1, 0.15) is 5.76 Å². The number of hydrogen-bond donors (Lipinski definition) is 0. The lowest BCUT2D eigenvalue weighted by Gasteiger charge is -2.12. The zero-order chi connectivity index (χ0) is 25.3. The number of benzene rings is 3. The van der Waals surface area contributed by atoms with Crippen molar-refractivity contribution in [2.75, 3.05) is 24.1 Å². The van der Waals surface area contributed by atoms with Crippen LogP contribution in [0.25, 0.3) is 0 Å². The summed E-state index contributed by atoms with van der Waals surface area (Å²) in [6, 6.07) is 28.2. The summed E-state index contributed by atoms with van der Waals surface area (Å²) in [6.07, 6.45) is 4.86. The summed E-state index contributed by atoms with van der Waals surface area (Å²) in [7, 11) is 3.70. The number of rotatable bonds is 6. The van der Waals surface area contributed by atoms with Crippen molar-refractivity contribution in [3.63, 3.8) is 0 Å². The van der Waals surface area contributed by atoms with Crippen LogP contribution in [0.2, 0.25) is 0 Å². The number of para-hydroxylation sites is 2. The summed E-state index contributed by atoms with van der Waals surface area (Å²) in [5.41, 5.74) is 3.07. The molecule has 0 bridgehead atoms. The fourth-order valence-electron chi connectivity index (χ4n) is 3.34. The molecule has 0 spiro atoms. The molecule has 1 aromatic heterocycles. The standard InChI is InChI=1S/C16H12N2O3.C12H12N2O/c1-18(12-7-3-2-4-8-12)17-10-11-6-5-9-13-14(11)16(20)21-15(13)19;1-14(11-6-3-2-4-7-11)13-10-12-8-5-9-15-12/h2-10H,1H3;2-10H,1H3/b17-10-;13-10+. The predicted octanol–water partition coefficient (Wildman–Crippen LogP) is 5.22. The first-order valence-corrected chi connectivity index (χ1v) is 11.1. The number of ether oxygens (including phenoxy) is 1. The molecular weight excluding hydrogens is 456 g/mol. The number of carbonyl (C=O) groups is 2. The Labute approximate surface area is 208 Å². The smallest absolute Gasteiger partial charge is 0.347 e. The van der Waals surface area contributed by atoms with Crippen LogP contribution in [0.15, 0.2) is 112 Å². The highest BCUT2D eigenvalue weighted by Crippen LogP contribution is 2.23. The van der Waals surface area contributed by atoms with Gasteiger partial charge in [-0.3, -0.25) is 10.0 Å². The minimum Gasteiger partial charge on any atom is -0.463 e. The first-order valence-electron chi connectivity index (χ1n) is 11.1. The second-order valence-electron chi connectivity index (χ2n) is 7.67. The molecule has 0 atom stereocenters. The number of nitrogens with zero attached hydrogens (tertiary/aromatic N) is 4. The highest BCUT2D eigenvalue weighted by atomic mass is 16.6. The molecule has 4 aromatic rings. The van der Waals surface area contributed by atoms with Crippen molar-refractivity contribution in [2.24, 2.45) is 10.2 Å². The largest absolute Gasteiger partial charge is 0.463 e. The summed E-state index contributed by atoms with van der Waals surface area (Å²) < 4.78 is 9.75. The monoisotopic (exact) mass is 480 g/mol. The van der Waals surface area contributed by atoms with Gasteiger partial charge in [0, 0.05) is 19.7 Å². The number of fused-ring (bicyclic) bond motifs is 1. The third-order valence-electron chi connectivity index (χ3n) is 5.24. The van der Waals surface area contributed by atoms with Gasteiger partial charge in [-0.2, -0.15) is 10.2 Å². The zero-order valence-corrected chi connectivity index (χ0v) is 19.8. The van der Waals surface area contributed by atoms with Gasteiger partial charge in [-0.15, -0.1) is 0 Å². The van der Waals surface area contributed by atoms with Gasteiger partial charge < -0.3 is 9.15 Å². The summed E-state index contributed by atoms with van der Waals surface area (Å²) in [5.74, 6) is -0.487. The van der Waals surface area contributed by atoms with E-state index in [2.05, 4.69) is 14.9 Å². The molecule has 0 saturated carbocycles. The van der Waals surface area contributed by atoms with Crippen LogP contribution in [0, 0.1) is 0 Å². The molecule has 5 rings (SSSR count). The van der Waals surface area contributed by atoms with Gasteiger partial charge in [-0.1, -0.05) is 48.5 Å². The topological polar surface area (TPSA) is 87.7 Å². The van der Waals surface area contributed by atoms with E-state index in [1.165, 1.54) is 0 Å². The molecule has 8 nitrogen and oxygen atoms in total. The van der Waals surface area contributed by atoms with Gasteiger partial charge in [-0.25, -0.2) is 9.59 Å². The van der Waals surface area contributed by atoms with E-state index in [4.69, 9.17) is 4.42 Å². The highest BCUT2D eigenvalue weighted by molar-refractivity contribution is 6.18. The molecule has 1 aliphatic rings. The third kappa shape index (κ3) is 5.92. The molecule has 0 aliphatic carbocycles. The lowest BCUT2D eigenvalue weighted by Crippen LogP contribution is -2.09. The Hall–Kier alpha value is -4.98. The predicted molar refractivity (Wildman–Crippen MR) is 140 cm³/mol. The van der Waals surface area contributed by atoms with Crippen LogP contribution in [0.1, 0.15) is 32.0 Å². The molecule has 1 aliphatic heterocycles. The summed E-state index contributed by atoms with van der Waals surface area (Å²) in [6.45, 7) is 0. The normalized spacial score (nSPS) is 12.3. The number of carbonyl (C=O) groups excluding carboxylic acids is 2. The second kappa shape index (κ2) is 11.4. The van der Waals surface area contributed by atoms with Crippen LogP contribution in [-0.2, 0) is 4.74 Å². The van der Waals surface area contributed by atoms with E-state index in [1.807, 2.05) is 79.8 Å². The molecule has 2 heterocycles. The van der Waals surface area contributed by atoms with Gasteiger partial charge in [-0.05, 0) is 42.5 Å². The van der Waals surface area contributed by atoms with Gasteiger partial charge in [0.05, 0.1) is 41.2 Å². The highest BCUT2D eigenvalue weighted by Gasteiger charge is 2.31. The van der Waals surface area contributed by atoms with Crippen LogP contribution in [0.3, 0.4) is 0 Å². The third-order valence-corrected chi connectivity index (χ3v) is 5.24. The quantitative estimate of drug-likeness (QED) is 0.163. The van der Waals surface area contributed by atoms with E-state index in [0.29, 0.717) is 5.56 Å². The maximum Gasteiger partial charge on any atom is 0.347 e. The first kappa shape index (κ1) is 24.2. The molecule has 36 heavy (non-hydrogen) atoms. The average molecular weight is 481 g/mol. The Morgan fingerprint density at radius 1 is 0.667 bits per heavy atom. The maximum atomic E-state index is 11.7. The van der Waals surface area contributed by atoms with Crippen molar-refractivity contribution < 1.29 is 18.7 Å². The SMILES string of the molecule is CN(/N=C/c1ccco1)c1ccccc1.CN(/N=C\c1cccc2c1C(=O)OC2=O)c1ccccc1. The fourth-order valence-corrected chi connectivity index (χ4v) is 3.34. The number of furan rings is 1. The van der Waals surface area contributed by atoms with E-state index in [1.54, 1.807) is 54.0 Å². The molecule has 0 N–H and O–H groups in total. The molecule has 0 unspecified atom stereocenters. The Morgan fingerprint density at radius 2 is 1.28 bits per heavy atom. The van der Waals surface area contributed by atoms with Crippen LogP contribution < -0.4 is 10.0 Å². The van der Waals surface area contributed by atoms with Gasteiger partial charge >= 0.3 is 11.9 Å². The van der Waals surface area contributed by atoms with Crippen molar-refractivity contribution in [3.05, 3.63) is 120 Å². The minimum atomic E-state index is -0.626. The number of hydrazone groups is 2. The zero-order valence-electron chi connectivity index (χ0n) is 19.8. The van der Waals surface area contributed by atoms with E-state index in [0.717, 1.165) is 17.1 Å². The Morgan fingerprint density at radius 3 is 1.86 bits per heavy atom. The first-order chi connectivity index (χ1) is 17.5. The van der Waals surface area contributed by atoms with Gasteiger partial charge in [0.15, 0.2) is 0 Å². The molecular formula is C28H24N4O4.